The van der Waals surface area contributed by atoms with Crippen molar-refractivity contribution in [1.82, 2.24) is 0 Å². The molecular formula is C31H31FN2O7. The Labute approximate surface area is 237 Å². The van der Waals surface area contributed by atoms with Gasteiger partial charge in [-0.15, -0.1) is 0 Å². The van der Waals surface area contributed by atoms with E-state index in [1.54, 1.807) is 29.2 Å². The number of Topliss-reactive ketones (excluding diaryl/α,β-unsaturated/α-hetero) is 1. The Balaban J connectivity index is 1.98. The van der Waals surface area contributed by atoms with Crippen LogP contribution in [0.4, 0.5) is 15.8 Å². The molecule has 2 aliphatic heterocycles. The molecule has 0 N–H and O–H groups in total. The summed E-state index contributed by atoms with van der Waals surface area (Å²) in [7, 11) is 3.78. The Morgan fingerprint density at radius 3 is 2.32 bits per heavy atom. The second-order valence-corrected chi connectivity index (χ2v) is 10.0. The Hall–Kier alpha value is -4.47. The minimum atomic E-state index is -2.06. The third-order valence-electron chi connectivity index (χ3n) is 7.89. The molecular weight excluding hydrogens is 531 g/mol. The highest BCUT2D eigenvalue weighted by Crippen LogP contribution is 2.57. The normalized spacial score (nSPS) is 19.9. The van der Waals surface area contributed by atoms with Gasteiger partial charge in [0.2, 0.25) is 0 Å². The molecule has 2 aromatic carbocycles. The maximum atomic E-state index is 15.1. The van der Waals surface area contributed by atoms with Crippen LogP contribution in [0.25, 0.3) is 0 Å². The van der Waals surface area contributed by atoms with E-state index in [1.165, 1.54) is 30.2 Å². The van der Waals surface area contributed by atoms with Crippen molar-refractivity contribution in [2.45, 2.75) is 44.6 Å². The predicted octanol–water partition coefficient (Wildman–Crippen LogP) is 4.35. The highest BCUT2D eigenvalue weighted by Gasteiger charge is 2.64. The zero-order valence-electron chi connectivity index (χ0n) is 23.4. The number of carbonyl (C=O) groups excluding carboxylic acids is 4. The molecule has 0 saturated heterocycles. The van der Waals surface area contributed by atoms with E-state index in [1.807, 2.05) is 6.92 Å². The first-order valence-electron chi connectivity index (χ1n) is 13.5. The van der Waals surface area contributed by atoms with Crippen molar-refractivity contribution in [3.8, 4) is 5.75 Å². The number of fused-ring (bicyclic) bond motifs is 2. The summed E-state index contributed by atoms with van der Waals surface area (Å²) < 4.78 is 30.7. The quantitative estimate of drug-likeness (QED) is 0.459. The number of hydrogen-bond donors (Lipinski definition) is 0. The first-order valence-corrected chi connectivity index (χ1v) is 13.5. The fourth-order valence-electron chi connectivity index (χ4n) is 6.14. The van der Waals surface area contributed by atoms with Gasteiger partial charge in [0.25, 0.3) is 5.91 Å². The molecule has 0 saturated carbocycles. The van der Waals surface area contributed by atoms with Gasteiger partial charge >= 0.3 is 11.9 Å². The van der Waals surface area contributed by atoms with E-state index in [4.69, 9.17) is 14.2 Å². The highest BCUT2D eigenvalue weighted by molar-refractivity contribution is 6.24. The summed E-state index contributed by atoms with van der Waals surface area (Å²) in [5, 5.41) is 0. The number of benzene rings is 2. The number of allylic oxidation sites excluding steroid dienone is 1. The van der Waals surface area contributed by atoms with Crippen LogP contribution in [-0.4, -0.2) is 51.5 Å². The number of hydrogen-bond acceptors (Lipinski definition) is 8. The van der Waals surface area contributed by atoms with Gasteiger partial charge in [0.1, 0.15) is 11.6 Å². The summed E-state index contributed by atoms with van der Waals surface area (Å²) in [6.45, 7) is 2.27. The maximum Gasteiger partial charge on any atom is 0.339 e. The maximum absolute atomic E-state index is 15.1. The second kappa shape index (κ2) is 10.8. The molecule has 1 atom stereocenters. The molecule has 0 fully saturated rings. The molecule has 1 spiro atoms. The van der Waals surface area contributed by atoms with E-state index in [2.05, 4.69) is 0 Å². The van der Waals surface area contributed by atoms with Crippen molar-refractivity contribution in [3.05, 3.63) is 76.3 Å². The number of methoxy groups -OCH3 is 3. The Bertz CT molecular complexity index is 1510. The molecule has 3 aliphatic rings. The van der Waals surface area contributed by atoms with Crippen molar-refractivity contribution in [1.29, 1.82) is 0 Å². The fraction of sp³-hybridized carbons (Fsp3) is 0.355. The summed E-state index contributed by atoms with van der Waals surface area (Å²) in [5.74, 6) is -2.98. The van der Waals surface area contributed by atoms with Crippen molar-refractivity contribution in [3.63, 3.8) is 0 Å². The highest BCUT2D eigenvalue weighted by atomic mass is 19.1. The third kappa shape index (κ3) is 4.11. The summed E-state index contributed by atoms with van der Waals surface area (Å²) in [6, 6.07) is 10.7. The van der Waals surface area contributed by atoms with Crippen LogP contribution in [0, 0.1) is 5.82 Å². The van der Waals surface area contributed by atoms with Crippen LogP contribution in [0.15, 0.2) is 64.9 Å². The van der Waals surface area contributed by atoms with Gasteiger partial charge in [-0.05, 0) is 61.7 Å². The van der Waals surface area contributed by atoms with Crippen LogP contribution in [0.1, 0.15) is 44.6 Å². The first kappa shape index (κ1) is 28.1. The first-order chi connectivity index (χ1) is 19.8. The molecule has 2 heterocycles. The second-order valence-electron chi connectivity index (χ2n) is 10.0. The van der Waals surface area contributed by atoms with E-state index >= 15 is 4.39 Å². The number of halogens is 1. The van der Waals surface area contributed by atoms with Gasteiger partial charge in [-0.25, -0.2) is 14.0 Å². The van der Waals surface area contributed by atoms with Crippen LogP contribution < -0.4 is 14.5 Å². The van der Waals surface area contributed by atoms with Gasteiger partial charge in [-0.3, -0.25) is 9.59 Å². The summed E-state index contributed by atoms with van der Waals surface area (Å²) in [5.41, 5.74) is -1.38. The topological polar surface area (TPSA) is 102 Å². The lowest BCUT2D eigenvalue weighted by atomic mass is 9.71. The molecule has 2 aromatic rings. The van der Waals surface area contributed by atoms with Gasteiger partial charge in [0.15, 0.2) is 11.3 Å². The average molecular weight is 563 g/mol. The smallest absolute Gasteiger partial charge is 0.339 e. The van der Waals surface area contributed by atoms with Crippen molar-refractivity contribution in [2.24, 2.45) is 0 Å². The molecule has 214 valence electrons. The molecule has 1 amide bonds. The molecule has 0 radical (unpaired) electrons. The molecule has 5 rings (SSSR count). The van der Waals surface area contributed by atoms with Crippen molar-refractivity contribution >= 4 is 35.0 Å². The molecule has 1 unspecified atom stereocenters. The van der Waals surface area contributed by atoms with Gasteiger partial charge in [-0.2, -0.15) is 0 Å². The number of ether oxygens (including phenoxy) is 3. The largest absolute Gasteiger partial charge is 0.497 e. The Morgan fingerprint density at radius 2 is 1.68 bits per heavy atom. The van der Waals surface area contributed by atoms with E-state index in [9.17, 15) is 19.2 Å². The average Bonchev–Trinajstić information content (AvgIpc) is 3.21. The number of carbonyl (C=O) groups is 4. The van der Waals surface area contributed by atoms with Gasteiger partial charge < -0.3 is 24.0 Å². The molecule has 9 nitrogen and oxygen atoms in total. The lowest BCUT2D eigenvalue weighted by Crippen LogP contribution is -2.59. The summed E-state index contributed by atoms with van der Waals surface area (Å²) in [6.07, 6.45) is 2.31. The lowest BCUT2D eigenvalue weighted by molar-refractivity contribution is -0.141. The lowest BCUT2D eigenvalue weighted by Gasteiger charge is -2.48. The van der Waals surface area contributed by atoms with E-state index in [0.717, 1.165) is 20.6 Å². The van der Waals surface area contributed by atoms with E-state index in [0.29, 0.717) is 48.6 Å². The zero-order chi connectivity index (χ0) is 29.5. The van der Waals surface area contributed by atoms with E-state index in [-0.39, 0.29) is 34.5 Å². The number of rotatable bonds is 7. The van der Waals surface area contributed by atoms with Gasteiger partial charge in [0, 0.05) is 29.9 Å². The van der Waals surface area contributed by atoms with Crippen LogP contribution in [-0.2, 0) is 34.2 Å². The molecule has 0 bridgehead atoms. The predicted molar refractivity (Wildman–Crippen MR) is 148 cm³/mol. The standard InChI is InChI=1S/C31H31FN2O7/c1-5-6-16-33-22-15-10-18(32)17-21(22)31(30(33)38)27(29(37)41-4)26(28(36)40-3)25-23(8-7-9-24(25)35)34(31)19-11-13-20(39-2)14-12-19/h10-15,17H,5-9,16H2,1-4H3. The number of ketones is 1. The minimum Gasteiger partial charge on any atom is -0.497 e. The van der Waals surface area contributed by atoms with Gasteiger partial charge in [0.05, 0.1) is 43.7 Å². The SMILES string of the molecule is CCCCN1C(=O)C2(C(C(=O)OC)=C(C(=O)OC)C3=C(CCCC3=O)N2c2ccc(OC)cc2)c2cc(F)ccc21. The number of unbranched alkanes of at least 4 members (excludes halogenated alkanes) is 1. The molecule has 0 aromatic heterocycles. The van der Waals surface area contributed by atoms with E-state index < -0.39 is 29.2 Å². The Kier molecular flexibility index (Phi) is 7.42. The van der Waals surface area contributed by atoms with Crippen LogP contribution >= 0.6 is 0 Å². The monoisotopic (exact) mass is 562 g/mol. The van der Waals surface area contributed by atoms with Crippen LogP contribution in [0.2, 0.25) is 0 Å². The molecule has 1 aliphatic carbocycles. The number of esters is 2. The Morgan fingerprint density at radius 1 is 0.976 bits per heavy atom. The minimum absolute atomic E-state index is 0.00250. The van der Waals surface area contributed by atoms with Gasteiger partial charge in [-0.1, -0.05) is 13.3 Å². The third-order valence-corrected chi connectivity index (χ3v) is 7.89. The molecule has 41 heavy (non-hydrogen) atoms. The zero-order valence-corrected chi connectivity index (χ0v) is 23.4. The van der Waals surface area contributed by atoms with Crippen molar-refractivity contribution in [2.75, 3.05) is 37.7 Å². The van der Waals surface area contributed by atoms with Crippen LogP contribution in [0.5, 0.6) is 5.75 Å². The number of anilines is 2. The fourth-order valence-corrected chi connectivity index (χ4v) is 6.14. The summed E-state index contributed by atoms with van der Waals surface area (Å²) >= 11 is 0. The van der Waals surface area contributed by atoms with Crippen LogP contribution in [0.3, 0.4) is 0 Å². The molecule has 10 heteroatoms. The number of amides is 1. The number of nitrogens with zero attached hydrogens (tertiary/aromatic N) is 2. The summed E-state index contributed by atoms with van der Waals surface area (Å²) in [4.78, 5) is 58.9. The van der Waals surface area contributed by atoms with Crippen molar-refractivity contribution < 1.29 is 37.8 Å².